The number of pyridine rings is 1. The van der Waals surface area contributed by atoms with Crippen molar-refractivity contribution < 1.29 is 18.6 Å². The van der Waals surface area contributed by atoms with Gasteiger partial charge in [-0.05, 0) is 76.0 Å². The van der Waals surface area contributed by atoms with Gasteiger partial charge >= 0.3 is 14.0 Å². The van der Waals surface area contributed by atoms with Gasteiger partial charge in [0.2, 0.25) is 0 Å². The molecule has 34 heavy (non-hydrogen) atoms. The molecule has 3 fully saturated rings. The lowest BCUT2D eigenvalue weighted by molar-refractivity contribution is -0.0817. The third-order valence-electron chi connectivity index (χ3n) is 7.67. The van der Waals surface area contributed by atoms with E-state index in [-0.39, 0.29) is 11.5 Å². The van der Waals surface area contributed by atoms with Crippen molar-refractivity contribution in [1.29, 1.82) is 5.41 Å². The summed E-state index contributed by atoms with van der Waals surface area (Å²) < 4.78 is 27.5. The number of fused-ring (bicyclic) bond motifs is 5. The summed E-state index contributed by atoms with van der Waals surface area (Å²) in [6.45, 7) is 12.2. The van der Waals surface area contributed by atoms with Crippen LogP contribution in [0.4, 0.5) is 5.69 Å². The minimum absolute atomic E-state index is 0.150. The molecule has 3 unspecified atom stereocenters. The third kappa shape index (κ3) is 4.13. The molecule has 3 saturated heterocycles. The Morgan fingerprint density at radius 3 is 2.50 bits per heavy atom. The van der Waals surface area contributed by atoms with E-state index in [9.17, 15) is 4.79 Å². The number of nitrogens with one attached hydrogen (secondary N) is 2. The van der Waals surface area contributed by atoms with E-state index in [1.54, 1.807) is 25.4 Å². The molecule has 2 N–H and O–H groups in total. The van der Waals surface area contributed by atoms with Gasteiger partial charge in [0.05, 0.1) is 22.4 Å². The monoisotopic (exact) mass is 532 g/mol. The molecule has 3 aliphatic heterocycles. The van der Waals surface area contributed by atoms with Gasteiger partial charge < -0.3 is 28.5 Å². The molecule has 0 radical (unpaired) electrons. The fourth-order valence-electron chi connectivity index (χ4n) is 4.86. The maximum Gasteiger partial charge on any atom is 0.489 e. The third-order valence-corrected chi connectivity index (χ3v) is 8.10. The molecule has 4 heterocycles. The Hall–Kier alpha value is -1.72. The molecular weight excluding hydrogens is 502 g/mol. The molecule has 4 rings (SSSR count). The van der Waals surface area contributed by atoms with E-state index in [1.807, 2.05) is 40.7 Å². The normalized spacial score (nSPS) is 32.1. The number of halogens is 1. The van der Waals surface area contributed by atoms with Gasteiger partial charge in [0, 0.05) is 23.6 Å². The molecule has 3 aliphatic rings. The number of nitrogens with zero attached hydrogens (tertiary/aromatic N) is 2. The van der Waals surface area contributed by atoms with E-state index in [4.69, 9.17) is 24.0 Å². The van der Waals surface area contributed by atoms with Gasteiger partial charge in [-0.1, -0.05) is 6.08 Å². The maximum absolute atomic E-state index is 12.6. The number of amidine groups is 1. The standard InChI is InChI=1S/C22H31B2BrN4O5/c1-19(2)21(5)11-14(22(6)20(3,4)32-24(34-22)23(31-19)33-21)8-9-17(27-13-26)28-16-10-15(25)12-29(7)18(16)30/h8-10,12-14H,11H2,1-7H3,(H2,26,27,28)/b9-8-. The lowest BCUT2D eigenvalue weighted by atomic mass is 9.49. The highest BCUT2D eigenvalue weighted by molar-refractivity contribution is 9.10. The zero-order valence-corrected chi connectivity index (χ0v) is 22.2. The van der Waals surface area contributed by atoms with Crippen molar-refractivity contribution in [3.63, 3.8) is 0 Å². The lowest BCUT2D eigenvalue weighted by Gasteiger charge is -2.46. The van der Waals surface area contributed by atoms with Gasteiger partial charge in [-0.15, -0.1) is 0 Å². The molecule has 1 aromatic heterocycles. The largest absolute Gasteiger partial charge is 0.489 e. The highest BCUT2D eigenvalue weighted by Crippen LogP contribution is 2.53. The Balaban J connectivity index is 1.70. The Labute approximate surface area is 209 Å². The van der Waals surface area contributed by atoms with Crippen molar-refractivity contribution in [2.45, 2.75) is 70.4 Å². The molecule has 3 atom stereocenters. The van der Waals surface area contributed by atoms with E-state index >= 15 is 0 Å². The molecule has 0 spiro atoms. The Morgan fingerprint density at radius 1 is 1.18 bits per heavy atom. The van der Waals surface area contributed by atoms with Crippen LogP contribution in [0, 0.1) is 11.3 Å². The predicted molar refractivity (Wildman–Crippen MR) is 137 cm³/mol. The van der Waals surface area contributed by atoms with Crippen molar-refractivity contribution >= 4 is 47.8 Å². The number of hydrogen-bond donors (Lipinski definition) is 2. The van der Waals surface area contributed by atoms with Crippen LogP contribution >= 0.6 is 15.9 Å². The van der Waals surface area contributed by atoms with Crippen LogP contribution in [0.3, 0.4) is 0 Å². The van der Waals surface area contributed by atoms with Crippen molar-refractivity contribution in [2.75, 3.05) is 5.32 Å². The van der Waals surface area contributed by atoms with Gasteiger partial charge in [0.1, 0.15) is 17.9 Å². The average molecular weight is 533 g/mol. The topological polar surface area (TPSA) is 107 Å². The fourth-order valence-corrected chi connectivity index (χ4v) is 5.40. The molecule has 4 bridgehead atoms. The summed E-state index contributed by atoms with van der Waals surface area (Å²) in [6.07, 6.45) is 7.00. The van der Waals surface area contributed by atoms with Crippen LogP contribution in [0.5, 0.6) is 0 Å². The molecule has 9 nitrogen and oxygen atoms in total. The van der Waals surface area contributed by atoms with Crippen molar-refractivity contribution in [2.24, 2.45) is 18.0 Å². The Bertz CT molecular complexity index is 1120. The van der Waals surface area contributed by atoms with Crippen LogP contribution in [0.25, 0.3) is 0 Å². The fraction of sp³-hybridized carbons (Fsp3) is 0.591. The van der Waals surface area contributed by atoms with Crippen molar-refractivity contribution in [3.05, 3.63) is 39.2 Å². The highest BCUT2D eigenvalue weighted by Gasteiger charge is 2.70. The van der Waals surface area contributed by atoms with E-state index in [2.05, 4.69) is 33.2 Å². The van der Waals surface area contributed by atoms with Crippen LogP contribution in [0.1, 0.15) is 48.0 Å². The van der Waals surface area contributed by atoms with Crippen LogP contribution in [-0.4, -0.2) is 53.2 Å². The summed E-state index contributed by atoms with van der Waals surface area (Å²) in [5.74, 6) is 0.206. The molecule has 182 valence electrons. The first kappa shape index (κ1) is 25.4. The van der Waals surface area contributed by atoms with Gasteiger partial charge in [-0.25, -0.2) is 4.99 Å². The lowest BCUT2D eigenvalue weighted by Crippen LogP contribution is -2.55. The van der Waals surface area contributed by atoms with Crippen LogP contribution in [0.2, 0.25) is 0 Å². The van der Waals surface area contributed by atoms with Crippen LogP contribution in [-0.2, 0) is 25.7 Å². The summed E-state index contributed by atoms with van der Waals surface area (Å²) in [5.41, 5.74) is -2.28. The molecule has 0 saturated carbocycles. The molecule has 12 heteroatoms. The van der Waals surface area contributed by atoms with Crippen LogP contribution < -0.4 is 10.9 Å². The second-order valence-electron chi connectivity index (χ2n) is 10.5. The Morgan fingerprint density at radius 2 is 1.82 bits per heavy atom. The van der Waals surface area contributed by atoms with E-state index in [0.29, 0.717) is 17.9 Å². The second-order valence-corrected chi connectivity index (χ2v) is 11.4. The second kappa shape index (κ2) is 8.44. The summed E-state index contributed by atoms with van der Waals surface area (Å²) in [6, 6.07) is 1.68. The molecular formula is C22H31B2BrN4O5. The van der Waals surface area contributed by atoms with Crippen molar-refractivity contribution in [3.8, 4) is 0 Å². The minimum Gasteiger partial charge on any atom is -0.405 e. The molecule has 0 aliphatic carbocycles. The number of aryl methyl sites for hydroxylation is 1. The smallest absolute Gasteiger partial charge is 0.405 e. The zero-order chi connectivity index (χ0) is 25.1. The Kier molecular flexibility index (Phi) is 6.30. The first-order valence-corrected chi connectivity index (χ1v) is 12.1. The number of rotatable bonds is 4. The molecule has 1 aromatic rings. The first-order chi connectivity index (χ1) is 15.7. The summed E-state index contributed by atoms with van der Waals surface area (Å²) >= 11 is 3.41. The van der Waals surface area contributed by atoms with E-state index in [1.165, 1.54) is 4.57 Å². The SMILES string of the molecule is Cn1cc(Br)cc(NC(/C=C\C2CC3(C)OB(OC3(C)C)B3OC(C)(C)C2(C)O3)=N/C=N)c1=O. The van der Waals surface area contributed by atoms with Crippen molar-refractivity contribution in [1.82, 2.24) is 4.57 Å². The van der Waals surface area contributed by atoms with E-state index in [0.717, 1.165) is 10.8 Å². The summed E-state index contributed by atoms with van der Waals surface area (Å²) in [4.78, 5) is 16.7. The van der Waals surface area contributed by atoms with Crippen LogP contribution in [0.15, 0.2) is 38.7 Å². The molecule has 0 aromatic carbocycles. The van der Waals surface area contributed by atoms with Gasteiger partial charge in [0.15, 0.2) is 0 Å². The number of hydrogen-bond acceptors (Lipinski definition) is 6. The van der Waals surface area contributed by atoms with Gasteiger partial charge in [-0.2, -0.15) is 0 Å². The summed E-state index contributed by atoms with van der Waals surface area (Å²) in [7, 11) is 0.428. The van der Waals surface area contributed by atoms with Gasteiger partial charge in [-0.3, -0.25) is 10.2 Å². The quantitative estimate of drug-likeness (QED) is 0.350. The zero-order valence-electron chi connectivity index (χ0n) is 20.6. The number of anilines is 1. The minimum atomic E-state index is -0.678. The van der Waals surface area contributed by atoms with E-state index < -0.39 is 36.4 Å². The first-order valence-electron chi connectivity index (χ1n) is 11.3. The average Bonchev–Trinajstić information content (AvgIpc) is 3.12. The number of aliphatic imine (C=N–C) groups is 1. The highest BCUT2D eigenvalue weighted by atomic mass is 79.9. The number of aromatic nitrogens is 1. The molecule has 0 amide bonds. The van der Waals surface area contributed by atoms with Gasteiger partial charge in [0.25, 0.3) is 5.56 Å². The maximum atomic E-state index is 12.6. The summed E-state index contributed by atoms with van der Waals surface area (Å²) in [5, 5.41) is 10.6. The predicted octanol–water partition coefficient (Wildman–Crippen LogP) is 3.36.